The Balaban J connectivity index is 1.40. The largest absolute Gasteiger partial charge is 0.494 e. The van der Waals surface area contributed by atoms with Crippen molar-refractivity contribution in [1.82, 2.24) is 10.4 Å². The van der Waals surface area contributed by atoms with Crippen LogP contribution < -0.4 is 10.2 Å². The van der Waals surface area contributed by atoms with Gasteiger partial charge in [-0.05, 0) is 60.4 Å². The van der Waals surface area contributed by atoms with E-state index in [2.05, 4.69) is 48.2 Å². The molecule has 0 radical (unpaired) electrons. The zero-order valence-corrected chi connectivity index (χ0v) is 21.0. The van der Waals surface area contributed by atoms with Gasteiger partial charge in [0.1, 0.15) is 17.3 Å². The lowest BCUT2D eigenvalue weighted by Gasteiger charge is -2.22. The normalized spacial score (nSPS) is 11.2. The van der Waals surface area contributed by atoms with E-state index in [0.29, 0.717) is 18.9 Å². The third-order valence-electron chi connectivity index (χ3n) is 5.95. The van der Waals surface area contributed by atoms with E-state index in [-0.39, 0.29) is 0 Å². The van der Waals surface area contributed by atoms with E-state index in [0.717, 1.165) is 31.0 Å². The Morgan fingerprint density at radius 3 is 2.38 bits per heavy atom. The molecular weight excluding hydrogens is 464 g/mol. The molecule has 3 aromatic carbocycles. The molecule has 2 N–H and O–H groups in total. The molecule has 0 aliphatic rings. The summed E-state index contributed by atoms with van der Waals surface area (Å²) in [5.74, 6) is 1.62. The van der Waals surface area contributed by atoms with Gasteiger partial charge in [0.2, 0.25) is 0 Å². The molecule has 6 heteroatoms. The molecule has 37 heavy (non-hydrogen) atoms. The number of rotatable bonds is 12. The van der Waals surface area contributed by atoms with E-state index in [9.17, 15) is 4.79 Å². The second-order valence-corrected chi connectivity index (χ2v) is 8.90. The number of aryl methyl sites for hydroxylation is 1. The molecule has 0 bridgehead atoms. The van der Waals surface area contributed by atoms with E-state index >= 15 is 0 Å². The minimum absolute atomic E-state index is 0.550. The van der Waals surface area contributed by atoms with E-state index in [1.54, 1.807) is 5.48 Å². The van der Waals surface area contributed by atoms with Crippen LogP contribution in [0.2, 0.25) is 0 Å². The third-order valence-corrected chi connectivity index (χ3v) is 5.95. The smallest absolute Gasteiger partial charge is 0.267 e. The summed E-state index contributed by atoms with van der Waals surface area (Å²) in [5.41, 5.74) is 6.39. The molecule has 0 aliphatic carbocycles. The van der Waals surface area contributed by atoms with Gasteiger partial charge in [0.15, 0.2) is 0 Å². The van der Waals surface area contributed by atoms with Gasteiger partial charge in [-0.2, -0.15) is 0 Å². The quantitative estimate of drug-likeness (QED) is 0.105. The van der Waals surface area contributed by atoms with Crippen LogP contribution in [-0.2, 0) is 17.9 Å². The number of nitrogens with one attached hydrogen (secondary N) is 1. The van der Waals surface area contributed by atoms with Gasteiger partial charge in [-0.15, -0.1) is 0 Å². The fraction of sp³-hybridized carbons (Fsp3) is 0.194. The molecule has 0 spiro atoms. The molecule has 0 unspecified atom stereocenters. The van der Waals surface area contributed by atoms with Crippen LogP contribution in [0.25, 0.3) is 17.2 Å². The molecular formula is C31H32N2O4. The molecule has 190 valence electrons. The van der Waals surface area contributed by atoms with Crippen LogP contribution in [0, 0.1) is 6.92 Å². The molecule has 4 aromatic rings. The Kier molecular flexibility index (Phi) is 9.29. The first-order chi connectivity index (χ1) is 18.1. The number of ether oxygens (including phenoxy) is 1. The van der Waals surface area contributed by atoms with Crippen molar-refractivity contribution in [2.24, 2.45) is 0 Å². The molecule has 0 aliphatic heterocycles. The van der Waals surface area contributed by atoms with Gasteiger partial charge in [0.05, 0.1) is 13.2 Å². The lowest BCUT2D eigenvalue weighted by Crippen LogP contribution is -2.25. The van der Waals surface area contributed by atoms with Gasteiger partial charge in [-0.1, -0.05) is 72.3 Å². The van der Waals surface area contributed by atoms with E-state index in [1.165, 1.54) is 34.4 Å². The fourth-order valence-electron chi connectivity index (χ4n) is 4.00. The first-order valence-electron chi connectivity index (χ1n) is 12.4. The minimum atomic E-state index is -0.605. The van der Waals surface area contributed by atoms with Gasteiger partial charge in [-0.25, -0.2) is 5.48 Å². The Morgan fingerprint density at radius 1 is 0.919 bits per heavy atom. The summed E-state index contributed by atoms with van der Waals surface area (Å²) in [7, 11) is 0. The molecule has 0 atom stereocenters. The molecule has 1 heterocycles. The Morgan fingerprint density at radius 2 is 1.65 bits per heavy atom. The summed E-state index contributed by atoms with van der Waals surface area (Å²) >= 11 is 0. The topological polar surface area (TPSA) is 74.9 Å². The van der Waals surface area contributed by atoms with Crippen molar-refractivity contribution in [2.75, 3.05) is 13.2 Å². The average molecular weight is 497 g/mol. The maximum Gasteiger partial charge on any atom is 0.267 e. The van der Waals surface area contributed by atoms with Gasteiger partial charge < -0.3 is 9.15 Å². The number of amides is 1. The zero-order chi connectivity index (χ0) is 25.9. The van der Waals surface area contributed by atoms with Gasteiger partial charge in [0.25, 0.3) is 5.91 Å². The maximum atomic E-state index is 11.2. The highest BCUT2D eigenvalue weighted by Crippen LogP contribution is 2.21. The zero-order valence-electron chi connectivity index (χ0n) is 21.0. The van der Waals surface area contributed by atoms with Crippen molar-refractivity contribution in [3.63, 3.8) is 0 Å². The van der Waals surface area contributed by atoms with Crippen LogP contribution in [0.15, 0.2) is 101 Å². The van der Waals surface area contributed by atoms with E-state index in [1.807, 2.05) is 54.6 Å². The van der Waals surface area contributed by atoms with Crippen LogP contribution >= 0.6 is 0 Å². The molecule has 0 saturated heterocycles. The molecule has 4 rings (SSSR count). The predicted octanol–water partition coefficient (Wildman–Crippen LogP) is 6.24. The van der Waals surface area contributed by atoms with Crippen LogP contribution in [0.3, 0.4) is 0 Å². The molecule has 0 fully saturated rings. The highest BCUT2D eigenvalue weighted by molar-refractivity contribution is 5.90. The van der Waals surface area contributed by atoms with Crippen molar-refractivity contribution in [1.29, 1.82) is 0 Å². The third kappa shape index (κ3) is 8.20. The van der Waals surface area contributed by atoms with Gasteiger partial charge in [0, 0.05) is 19.2 Å². The number of furan rings is 1. The molecule has 1 aromatic heterocycles. The SMILES string of the molecule is Cc1ccc(OCCCN(Cc2ccc(-c3ccccc3)cc2)Cc2ccc(/C=C/C(=O)NO)o2)cc1. The van der Waals surface area contributed by atoms with Crippen LogP contribution in [-0.4, -0.2) is 29.2 Å². The number of carbonyl (C=O) groups is 1. The Labute approximate surface area is 217 Å². The Hall–Kier alpha value is -4.13. The second-order valence-electron chi connectivity index (χ2n) is 8.90. The maximum absolute atomic E-state index is 11.2. The van der Waals surface area contributed by atoms with E-state index in [4.69, 9.17) is 14.4 Å². The molecule has 0 saturated carbocycles. The van der Waals surface area contributed by atoms with Crippen LogP contribution in [0.1, 0.15) is 29.1 Å². The molecule has 6 nitrogen and oxygen atoms in total. The fourth-order valence-corrected chi connectivity index (χ4v) is 4.00. The molecule has 1 amide bonds. The van der Waals surface area contributed by atoms with Crippen molar-refractivity contribution in [3.8, 4) is 16.9 Å². The van der Waals surface area contributed by atoms with Crippen molar-refractivity contribution < 1.29 is 19.2 Å². The van der Waals surface area contributed by atoms with Crippen LogP contribution in [0.4, 0.5) is 0 Å². The summed E-state index contributed by atoms with van der Waals surface area (Å²) in [6.07, 6.45) is 3.61. The van der Waals surface area contributed by atoms with Gasteiger partial charge >= 0.3 is 0 Å². The monoisotopic (exact) mass is 496 g/mol. The lowest BCUT2D eigenvalue weighted by molar-refractivity contribution is -0.124. The standard InChI is InChI=1S/C31H32N2O4/c1-24-8-14-28(15-9-24)36-21-5-20-33(23-30-17-16-29(37-30)18-19-31(34)32-35)22-25-10-12-27(13-11-25)26-6-3-2-4-7-26/h2-4,6-19,35H,5,20-23H2,1H3,(H,32,34)/b19-18+. The van der Waals surface area contributed by atoms with E-state index < -0.39 is 5.91 Å². The Bertz CT molecular complexity index is 1280. The highest BCUT2D eigenvalue weighted by Gasteiger charge is 2.11. The summed E-state index contributed by atoms with van der Waals surface area (Å²) < 4.78 is 11.8. The number of hydroxylamine groups is 1. The summed E-state index contributed by atoms with van der Waals surface area (Å²) in [6, 6.07) is 30.8. The second kappa shape index (κ2) is 13.3. The van der Waals surface area contributed by atoms with Crippen LogP contribution in [0.5, 0.6) is 5.75 Å². The van der Waals surface area contributed by atoms with Crippen molar-refractivity contribution in [3.05, 3.63) is 120 Å². The first kappa shape index (κ1) is 25.9. The number of nitrogens with zero attached hydrogens (tertiary/aromatic N) is 1. The highest BCUT2D eigenvalue weighted by atomic mass is 16.5. The number of hydrogen-bond acceptors (Lipinski definition) is 5. The van der Waals surface area contributed by atoms with Crippen molar-refractivity contribution in [2.45, 2.75) is 26.4 Å². The number of carbonyl (C=O) groups excluding carboxylic acids is 1. The first-order valence-corrected chi connectivity index (χ1v) is 12.4. The predicted molar refractivity (Wildman–Crippen MR) is 145 cm³/mol. The minimum Gasteiger partial charge on any atom is -0.494 e. The number of hydrogen-bond donors (Lipinski definition) is 2. The summed E-state index contributed by atoms with van der Waals surface area (Å²) in [4.78, 5) is 13.6. The summed E-state index contributed by atoms with van der Waals surface area (Å²) in [6.45, 7) is 4.88. The number of benzene rings is 3. The lowest BCUT2D eigenvalue weighted by atomic mass is 10.0. The summed E-state index contributed by atoms with van der Waals surface area (Å²) in [5, 5.41) is 8.65. The van der Waals surface area contributed by atoms with Gasteiger partial charge in [-0.3, -0.25) is 14.9 Å². The average Bonchev–Trinajstić information content (AvgIpc) is 3.38. The van der Waals surface area contributed by atoms with Crippen molar-refractivity contribution >= 4 is 12.0 Å².